The molecule has 4 rings (SSSR count). The van der Waals surface area contributed by atoms with Crippen molar-refractivity contribution < 1.29 is 9.90 Å². The van der Waals surface area contributed by atoms with Crippen LogP contribution in [0.2, 0.25) is 5.15 Å². The lowest BCUT2D eigenvalue weighted by atomic mass is 10.0. The maximum atomic E-state index is 12.9. The fraction of sp³-hybridized carbons (Fsp3) is 0.458. The van der Waals surface area contributed by atoms with Gasteiger partial charge in [0.25, 0.3) is 0 Å². The van der Waals surface area contributed by atoms with Gasteiger partial charge in [0.15, 0.2) is 10.8 Å². The number of aliphatic hydroxyl groups is 1. The van der Waals surface area contributed by atoms with Crippen LogP contribution >= 0.6 is 11.6 Å². The van der Waals surface area contributed by atoms with Gasteiger partial charge >= 0.3 is 6.03 Å². The minimum Gasteiger partial charge on any atom is -0.393 e. The van der Waals surface area contributed by atoms with Gasteiger partial charge in [0.2, 0.25) is 0 Å². The number of benzene rings is 1. The molecule has 1 aliphatic rings. The zero-order valence-electron chi connectivity index (χ0n) is 18.5. The lowest BCUT2D eigenvalue weighted by molar-refractivity contribution is 0.175. The van der Waals surface area contributed by atoms with E-state index in [1.165, 1.54) is 0 Å². The van der Waals surface area contributed by atoms with Gasteiger partial charge in [-0.05, 0) is 57.1 Å². The van der Waals surface area contributed by atoms with Crippen LogP contribution in [0.15, 0.2) is 42.9 Å². The van der Waals surface area contributed by atoms with E-state index >= 15 is 0 Å². The zero-order valence-corrected chi connectivity index (χ0v) is 19.3. The first-order valence-corrected chi connectivity index (χ1v) is 11.7. The summed E-state index contributed by atoms with van der Waals surface area (Å²) in [6.07, 6.45) is 8.94. The fourth-order valence-corrected chi connectivity index (χ4v) is 4.80. The van der Waals surface area contributed by atoms with Gasteiger partial charge in [-0.15, -0.1) is 0 Å². The quantitative estimate of drug-likeness (QED) is 0.541. The molecule has 32 heavy (non-hydrogen) atoms. The highest BCUT2D eigenvalue weighted by Crippen LogP contribution is 2.29. The molecule has 2 heterocycles. The number of carbonyl (C=O) groups excluding carboxylic acids is 1. The molecule has 0 bridgehead atoms. The van der Waals surface area contributed by atoms with Gasteiger partial charge in [-0.2, -0.15) is 0 Å². The molecule has 0 aliphatic heterocycles. The molecule has 2 aromatic heterocycles. The van der Waals surface area contributed by atoms with Crippen molar-refractivity contribution in [1.82, 2.24) is 24.6 Å². The number of aromatic nitrogens is 3. The molecule has 2 N–H and O–H groups in total. The van der Waals surface area contributed by atoms with E-state index in [1.807, 2.05) is 53.7 Å². The second-order valence-corrected chi connectivity index (χ2v) is 8.87. The van der Waals surface area contributed by atoms with E-state index < -0.39 is 0 Å². The lowest BCUT2D eigenvalue weighted by Gasteiger charge is -2.29. The monoisotopic (exact) mass is 455 g/mol. The SMILES string of the molecule is CCN(C(=O)NCCC1CCC(O)C1)C(C)c1cccc(-c2cn3ccnc3c(Cl)n2)c1. The Kier molecular flexibility index (Phi) is 6.96. The summed E-state index contributed by atoms with van der Waals surface area (Å²) in [6.45, 7) is 5.26. The molecule has 8 heteroatoms. The number of rotatable bonds is 7. The van der Waals surface area contributed by atoms with Crippen LogP contribution in [0.25, 0.3) is 16.9 Å². The lowest BCUT2D eigenvalue weighted by Crippen LogP contribution is -2.42. The van der Waals surface area contributed by atoms with Crippen LogP contribution in [0.3, 0.4) is 0 Å². The van der Waals surface area contributed by atoms with Gasteiger partial charge < -0.3 is 19.7 Å². The number of halogens is 1. The van der Waals surface area contributed by atoms with Gasteiger partial charge in [0, 0.05) is 37.2 Å². The molecular formula is C24H30ClN5O2. The number of urea groups is 1. The average Bonchev–Trinajstić information content (AvgIpc) is 3.43. The third kappa shape index (κ3) is 4.89. The standard InChI is InChI=1S/C24H30ClN5O2/c1-3-30(24(32)27-10-9-17-7-8-20(31)13-17)16(2)18-5-4-6-19(14-18)21-15-29-12-11-26-23(29)22(25)28-21/h4-6,11-12,14-17,20,31H,3,7-10,13H2,1-2H3,(H,27,32). The molecular weight excluding hydrogens is 426 g/mol. The average molecular weight is 456 g/mol. The van der Waals surface area contributed by atoms with Crippen LogP contribution in [0, 0.1) is 5.92 Å². The summed E-state index contributed by atoms with van der Waals surface area (Å²) in [4.78, 5) is 23.4. The number of hydrogen-bond acceptors (Lipinski definition) is 4. The largest absolute Gasteiger partial charge is 0.393 e. The molecule has 1 saturated carbocycles. The van der Waals surface area contributed by atoms with Gasteiger partial charge in [-0.3, -0.25) is 0 Å². The Morgan fingerprint density at radius 1 is 1.41 bits per heavy atom. The Balaban J connectivity index is 1.45. The molecule has 0 saturated heterocycles. The number of hydrogen-bond donors (Lipinski definition) is 2. The van der Waals surface area contributed by atoms with E-state index in [0.29, 0.717) is 29.8 Å². The van der Waals surface area contributed by atoms with Crippen LogP contribution in [0.5, 0.6) is 0 Å². The van der Waals surface area contributed by atoms with Crippen LogP contribution in [0.4, 0.5) is 4.79 Å². The van der Waals surface area contributed by atoms with E-state index in [4.69, 9.17) is 11.6 Å². The van der Waals surface area contributed by atoms with Crippen molar-refractivity contribution in [2.45, 2.75) is 51.7 Å². The number of aliphatic hydroxyl groups excluding tert-OH is 1. The first-order valence-electron chi connectivity index (χ1n) is 11.3. The summed E-state index contributed by atoms with van der Waals surface area (Å²) in [7, 11) is 0. The molecule has 1 fully saturated rings. The third-order valence-corrected chi connectivity index (χ3v) is 6.66. The van der Waals surface area contributed by atoms with E-state index in [9.17, 15) is 9.90 Å². The Morgan fingerprint density at radius 3 is 3.00 bits per heavy atom. The van der Waals surface area contributed by atoms with Crippen LogP contribution in [-0.4, -0.2) is 49.6 Å². The van der Waals surface area contributed by atoms with Crippen molar-refractivity contribution in [2.24, 2.45) is 5.92 Å². The first kappa shape index (κ1) is 22.6. The van der Waals surface area contributed by atoms with Crippen molar-refractivity contribution in [2.75, 3.05) is 13.1 Å². The maximum Gasteiger partial charge on any atom is 0.317 e. The fourth-order valence-electron chi connectivity index (χ4n) is 4.56. The molecule has 1 aromatic carbocycles. The van der Waals surface area contributed by atoms with E-state index in [2.05, 4.69) is 21.4 Å². The number of nitrogens with zero attached hydrogens (tertiary/aromatic N) is 4. The predicted octanol–water partition coefficient (Wildman–Crippen LogP) is 4.69. The maximum absolute atomic E-state index is 12.9. The summed E-state index contributed by atoms with van der Waals surface area (Å²) in [5.74, 6) is 0.502. The predicted molar refractivity (Wildman–Crippen MR) is 126 cm³/mol. The van der Waals surface area contributed by atoms with E-state index in [-0.39, 0.29) is 18.2 Å². The number of carbonyl (C=O) groups is 1. The summed E-state index contributed by atoms with van der Waals surface area (Å²) in [5.41, 5.74) is 3.34. The molecule has 0 spiro atoms. The highest BCUT2D eigenvalue weighted by atomic mass is 35.5. The highest BCUT2D eigenvalue weighted by Gasteiger charge is 2.24. The molecule has 170 valence electrons. The summed E-state index contributed by atoms with van der Waals surface area (Å²) in [5, 5.41) is 13.1. The molecule has 3 unspecified atom stereocenters. The Hall–Kier alpha value is -2.64. The summed E-state index contributed by atoms with van der Waals surface area (Å²) < 4.78 is 1.86. The van der Waals surface area contributed by atoms with Crippen molar-refractivity contribution in [3.8, 4) is 11.3 Å². The normalized spacial score (nSPS) is 19.2. The Morgan fingerprint density at radius 2 is 2.25 bits per heavy atom. The van der Waals surface area contributed by atoms with Crippen molar-refractivity contribution >= 4 is 23.3 Å². The number of imidazole rings is 1. The second kappa shape index (κ2) is 9.88. The number of nitrogens with one attached hydrogen (secondary N) is 1. The minimum atomic E-state index is -0.172. The van der Waals surface area contributed by atoms with Crippen molar-refractivity contribution in [3.05, 3.63) is 53.6 Å². The van der Waals surface area contributed by atoms with E-state index in [0.717, 1.165) is 42.5 Å². The van der Waals surface area contributed by atoms with Crippen LogP contribution in [-0.2, 0) is 0 Å². The molecule has 2 amide bonds. The van der Waals surface area contributed by atoms with Crippen LogP contribution in [0.1, 0.15) is 51.1 Å². The first-order chi connectivity index (χ1) is 15.5. The highest BCUT2D eigenvalue weighted by molar-refractivity contribution is 6.32. The molecule has 3 aromatic rings. The minimum absolute atomic E-state index is 0.0649. The molecule has 7 nitrogen and oxygen atoms in total. The smallest absolute Gasteiger partial charge is 0.317 e. The van der Waals surface area contributed by atoms with Crippen LogP contribution < -0.4 is 5.32 Å². The second-order valence-electron chi connectivity index (χ2n) is 8.52. The Labute approximate surface area is 193 Å². The topological polar surface area (TPSA) is 82.8 Å². The number of fused-ring (bicyclic) bond motifs is 1. The van der Waals surface area contributed by atoms with Gasteiger partial charge in [0.1, 0.15) is 0 Å². The summed E-state index contributed by atoms with van der Waals surface area (Å²) in [6, 6.07) is 7.89. The van der Waals surface area contributed by atoms with Crippen molar-refractivity contribution in [1.29, 1.82) is 0 Å². The Bertz CT molecular complexity index is 1090. The van der Waals surface area contributed by atoms with E-state index in [1.54, 1.807) is 6.20 Å². The molecule has 0 radical (unpaired) electrons. The van der Waals surface area contributed by atoms with Crippen molar-refractivity contribution in [3.63, 3.8) is 0 Å². The molecule has 1 aliphatic carbocycles. The van der Waals surface area contributed by atoms with Gasteiger partial charge in [0.05, 0.1) is 17.8 Å². The van der Waals surface area contributed by atoms with Gasteiger partial charge in [-0.1, -0.05) is 29.8 Å². The molecule has 3 atom stereocenters. The summed E-state index contributed by atoms with van der Waals surface area (Å²) >= 11 is 6.30. The third-order valence-electron chi connectivity index (χ3n) is 6.41. The number of amides is 2. The van der Waals surface area contributed by atoms with Gasteiger partial charge in [-0.25, -0.2) is 14.8 Å². The zero-order chi connectivity index (χ0) is 22.7.